The Morgan fingerprint density at radius 1 is 1.00 bits per heavy atom. The van der Waals surface area contributed by atoms with Crippen LogP contribution in [0.25, 0.3) is 21.9 Å². The third-order valence-electron chi connectivity index (χ3n) is 2.74. The molecular weight excluding hydrogens is 236 g/mol. The van der Waals surface area contributed by atoms with Gasteiger partial charge < -0.3 is 19.7 Å². The van der Waals surface area contributed by atoms with Gasteiger partial charge in [0.1, 0.15) is 22.5 Å². The second kappa shape index (κ2) is 3.40. The number of phenolic OH excluding ortho intramolecular Hbond substituents is 3. The lowest BCUT2D eigenvalue weighted by Crippen LogP contribution is -2.02. The van der Waals surface area contributed by atoms with Gasteiger partial charge in [-0.25, -0.2) is 0 Å². The van der Waals surface area contributed by atoms with Crippen LogP contribution in [0.3, 0.4) is 0 Å². The van der Waals surface area contributed by atoms with Gasteiger partial charge in [-0.2, -0.15) is 0 Å². The number of rotatable bonds is 0. The largest absolute Gasteiger partial charge is 0.508 e. The van der Waals surface area contributed by atoms with Gasteiger partial charge in [-0.1, -0.05) is 6.07 Å². The summed E-state index contributed by atoms with van der Waals surface area (Å²) in [5.41, 5.74) is -0.347. The summed E-state index contributed by atoms with van der Waals surface area (Å²) in [5, 5.41) is 28.7. The molecule has 0 amide bonds. The molecule has 5 nitrogen and oxygen atoms in total. The van der Waals surface area contributed by atoms with Crippen LogP contribution in [-0.4, -0.2) is 15.3 Å². The average Bonchev–Trinajstić information content (AvgIpc) is 2.31. The molecule has 0 radical (unpaired) electrons. The van der Waals surface area contributed by atoms with E-state index >= 15 is 0 Å². The van der Waals surface area contributed by atoms with Gasteiger partial charge in [0.05, 0.1) is 5.39 Å². The van der Waals surface area contributed by atoms with Gasteiger partial charge in [-0.3, -0.25) is 4.79 Å². The summed E-state index contributed by atoms with van der Waals surface area (Å²) in [6.07, 6.45) is 0. The topological polar surface area (TPSA) is 90.9 Å². The Morgan fingerprint density at radius 2 is 1.78 bits per heavy atom. The fraction of sp³-hybridized carbons (Fsp3) is 0. The van der Waals surface area contributed by atoms with E-state index in [1.165, 1.54) is 24.3 Å². The van der Waals surface area contributed by atoms with E-state index in [0.29, 0.717) is 0 Å². The maximum absolute atomic E-state index is 12.2. The molecule has 0 aliphatic rings. The number of hydrogen-bond acceptors (Lipinski definition) is 5. The molecule has 1 heterocycles. The van der Waals surface area contributed by atoms with Crippen LogP contribution in [0.5, 0.6) is 17.2 Å². The number of hydrogen-bond donors (Lipinski definition) is 3. The fourth-order valence-corrected chi connectivity index (χ4v) is 1.95. The van der Waals surface area contributed by atoms with E-state index in [0.717, 1.165) is 6.07 Å². The van der Waals surface area contributed by atoms with Crippen LogP contribution in [0.15, 0.2) is 39.5 Å². The fourth-order valence-electron chi connectivity index (χ4n) is 1.95. The van der Waals surface area contributed by atoms with Crippen molar-refractivity contribution in [1.82, 2.24) is 0 Å². The monoisotopic (exact) mass is 244 g/mol. The lowest BCUT2D eigenvalue weighted by Gasteiger charge is -2.04. The summed E-state index contributed by atoms with van der Waals surface area (Å²) >= 11 is 0. The van der Waals surface area contributed by atoms with Gasteiger partial charge in [-0.15, -0.1) is 0 Å². The Balaban J connectivity index is 2.66. The molecule has 0 saturated carbocycles. The molecule has 3 rings (SSSR count). The molecule has 18 heavy (non-hydrogen) atoms. The highest BCUT2D eigenvalue weighted by Crippen LogP contribution is 2.32. The molecule has 0 unspecified atom stereocenters. The van der Waals surface area contributed by atoms with E-state index in [-0.39, 0.29) is 39.2 Å². The van der Waals surface area contributed by atoms with Crippen molar-refractivity contribution < 1.29 is 19.7 Å². The first kappa shape index (κ1) is 10.5. The second-order valence-electron chi connectivity index (χ2n) is 3.92. The normalized spacial score (nSPS) is 11.1. The molecule has 90 valence electrons. The minimum atomic E-state index is -0.504. The smallest absolute Gasteiger partial charge is 0.204 e. The Bertz CT molecular complexity index is 832. The van der Waals surface area contributed by atoms with E-state index in [2.05, 4.69) is 0 Å². The number of phenols is 3. The van der Waals surface area contributed by atoms with Gasteiger partial charge in [0.2, 0.25) is 5.43 Å². The zero-order valence-corrected chi connectivity index (χ0v) is 9.04. The van der Waals surface area contributed by atoms with E-state index in [4.69, 9.17) is 4.42 Å². The molecule has 2 aromatic carbocycles. The minimum absolute atomic E-state index is 0.0153. The summed E-state index contributed by atoms with van der Waals surface area (Å²) < 4.78 is 5.37. The number of aromatic hydroxyl groups is 3. The molecule has 0 spiro atoms. The van der Waals surface area contributed by atoms with Crippen LogP contribution >= 0.6 is 0 Å². The lowest BCUT2D eigenvalue weighted by atomic mass is 10.1. The zero-order chi connectivity index (χ0) is 12.9. The zero-order valence-electron chi connectivity index (χ0n) is 9.04. The molecule has 0 aliphatic heterocycles. The standard InChI is InChI=1S/C13H8O5/c14-6-4-7-12(17)11-8(15)2-1-3-10(11)18-13(7)9(16)5-6/h1-5,14-16H. The number of benzene rings is 2. The predicted octanol–water partition coefficient (Wildman–Crippen LogP) is 2.06. The summed E-state index contributed by atoms with van der Waals surface area (Å²) in [5.74, 6) is -0.777. The van der Waals surface area contributed by atoms with Crippen LogP contribution in [0.2, 0.25) is 0 Å². The van der Waals surface area contributed by atoms with Crippen LogP contribution in [0.4, 0.5) is 0 Å². The van der Waals surface area contributed by atoms with Crippen LogP contribution in [-0.2, 0) is 0 Å². The van der Waals surface area contributed by atoms with Crippen molar-refractivity contribution in [3.63, 3.8) is 0 Å². The predicted molar refractivity (Wildman–Crippen MR) is 65.0 cm³/mol. The molecule has 0 bridgehead atoms. The van der Waals surface area contributed by atoms with Gasteiger partial charge in [-0.05, 0) is 18.2 Å². The third kappa shape index (κ3) is 1.31. The molecule has 1 aromatic heterocycles. The van der Waals surface area contributed by atoms with Gasteiger partial charge >= 0.3 is 0 Å². The highest BCUT2D eigenvalue weighted by atomic mass is 16.4. The maximum Gasteiger partial charge on any atom is 0.204 e. The molecule has 0 saturated heterocycles. The van der Waals surface area contributed by atoms with E-state index < -0.39 is 5.43 Å². The summed E-state index contributed by atoms with van der Waals surface area (Å²) in [6, 6.07) is 6.69. The van der Waals surface area contributed by atoms with E-state index in [1.54, 1.807) is 0 Å². The SMILES string of the molecule is O=c1c2cc(O)cc(O)c2oc2cccc(O)c12. The summed E-state index contributed by atoms with van der Waals surface area (Å²) in [4.78, 5) is 12.2. The maximum atomic E-state index is 12.2. The quantitative estimate of drug-likeness (QED) is 0.526. The first-order valence-electron chi connectivity index (χ1n) is 5.18. The van der Waals surface area contributed by atoms with Crippen molar-refractivity contribution in [2.45, 2.75) is 0 Å². The molecule has 0 aliphatic carbocycles. The molecule has 3 aromatic rings. The van der Waals surface area contributed by atoms with Gasteiger partial charge in [0.25, 0.3) is 0 Å². The van der Waals surface area contributed by atoms with Gasteiger partial charge in [0, 0.05) is 6.07 Å². The first-order valence-corrected chi connectivity index (χ1v) is 5.18. The van der Waals surface area contributed by atoms with E-state index in [9.17, 15) is 20.1 Å². The van der Waals surface area contributed by atoms with Crippen molar-refractivity contribution in [1.29, 1.82) is 0 Å². The minimum Gasteiger partial charge on any atom is -0.508 e. The molecule has 5 heteroatoms. The van der Waals surface area contributed by atoms with Crippen molar-refractivity contribution in [3.8, 4) is 17.2 Å². The van der Waals surface area contributed by atoms with E-state index in [1.807, 2.05) is 0 Å². The van der Waals surface area contributed by atoms with Crippen molar-refractivity contribution in [2.24, 2.45) is 0 Å². The second-order valence-corrected chi connectivity index (χ2v) is 3.92. The lowest BCUT2D eigenvalue weighted by molar-refractivity contribution is 0.446. The average molecular weight is 244 g/mol. The molecular formula is C13H8O5. The molecule has 0 fully saturated rings. The van der Waals surface area contributed by atoms with Crippen LogP contribution in [0.1, 0.15) is 0 Å². The Morgan fingerprint density at radius 3 is 2.56 bits per heavy atom. The highest BCUT2D eigenvalue weighted by Gasteiger charge is 2.14. The molecule has 3 N–H and O–H groups in total. The Kier molecular flexibility index (Phi) is 1.98. The number of fused-ring (bicyclic) bond motifs is 2. The third-order valence-corrected chi connectivity index (χ3v) is 2.74. The summed E-state index contributed by atoms with van der Waals surface area (Å²) in [6.45, 7) is 0. The van der Waals surface area contributed by atoms with Crippen molar-refractivity contribution >= 4 is 21.9 Å². The van der Waals surface area contributed by atoms with Crippen LogP contribution in [0, 0.1) is 0 Å². The van der Waals surface area contributed by atoms with Crippen molar-refractivity contribution in [3.05, 3.63) is 40.6 Å². The molecule has 0 atom stereocenters. The first-order chi connectivity index (χ1) is 8.58. The highest BCUT2D eigenvalue weighted by molar-refractivity contribution is 5.95. The Hall–Kier alpha value is -2.69. The Labute approximate surface area is 100 Å². The van der Waals surface area contributed by atoms with Gasteiger partial charge in [0.15, 0.2) is 11.3 Å². The van der Waals surface area contributed by atoms with Crippen LogP contribution < -0.4 is 5.43 Å². The summed E-state index contributed by atoms with van der Waals surface area (Å²) in [7, 11) is 0. The van der Waals surface area contributed by atoms with Crippen molar-refractivity contribution in [2.75, 3.05) is 0 Å².